The molecule has 0 aliphatic carbocycles. The van der Waals surface area contributed by atoms with Gasteiger partial charge in [0.1, 0.15) is 18.5 Å². The number of aromatic nitrogens is 3. The largest absolute Gasteiger partial charge is 0.463 e. The van der Waals surface area contributed by atoms with Crippen molar-refractivity contribution in [3.63, 3.8) is 0 Å². The van der Waals surface area contributed by atoms with E-state index < -0.39 is 0 Å². The predicted molar refractivity (Wildman–Crippen MR) is 136 cm³/mol. The molecule has 9 heteroatoms. The second-order valence-electron chi connectivity index (χ2n) is 9.36. The molecule has 1 N–H and O–H groups in total. The summed E-state index contributed by atoms with van der Waals surface area (Å²) in [6.07, 6.45) is 10.4. The van der Waals surface area contributed by atoms with E-state index in [2.05, 4.69) is 20.3 Å². The van der Waals surface area contributed by atoms with Crippen molar-refractivity contribution in [3.8, 4) is 0 Å². The number of nitrogens with zero attached hydrogens (tertiary/aromatic N) is 5. The number of ether oxygens (including phenoxy) is 1. The Morgan fingerprint density at radius 1 is 1.17 bits per heavy atom. The zero-order valence-electron chi connectivity index (χ0n) is 20.6. The molecule has 188 valence electrons. The van der Waals surface area contributed by atoms with Gasteiger partial charge in [-0.1, -0.05) is 36.4 Å². The second-order valence-corrected chi connectivity index (χ2v) is 9.36. The van der Waals surface area contributed by atoms with Crippen molar-refractivity contribution in [2.45, 2.75) is 38.8 Å². The highest BCUT2D eigenvalue weighted by Crippen LogP contribution is 2.30. The normalized spacial score (nSPS) is 16.9. The Balaban J connectivity index is 1.34. The number of amides is 1. The molecule has 2 aliphatic rings. The molecule has 2 aromatic heterocycles. The van der Waals surface area contributed by atoms with Crippen molar-refractivity contribution in [1.82, 2.24) is 24.4 Å². The lowest BCUT2D eigenvalue weighted by Gasteiger charge is -2.26. The second kappa shape index (κ2) is 10.9. The van der Waals surface area contributed by atoms with Crippen LogP contribution < -0.4 is 5.32 Å². The summed E-state index contributed by atoms with van der Waals surface area (Å²) in [5, 5.41) is 7.89. The van der Waals surface area contributed by atoms with Crippen LogP contribution in [0.1, 0.15) is 42.5 Å². The molecule has 9 nitrogen and oxygen atoms in total. The molecule has 1 atom stereocenters. The predicted octanol–water partition coefficient (Wildman–Crippen LogP) is 2.98. The highest BCUT2D eigenvalue weighted by Gasteiger charge is 2.26. The molecule has 0 bridgehead atoms. The summed E-state index contributed by atoms with van der Waals surface area (Å²) >= 11 is 0. The first-order chi connectivity index (χ1) is 17.6. The minimum Gasteiger partial charge on any atom is -0.463 e. The number of carbonyl (C=O) groups excluding carboxylic acids is 2. The van der Waals surface area contributed by atoms with Crippen LogP contribution in [0.25, 0.3) is 5.52 Å². The van der Waals surface area contributed by atoms with Crippen LogP contribution >= 0.6 is 0 Å². The van der Waals surface area contributed by atoms with E-state index in [1.165, 1.54) is 26.1 Å². The summed E-state index contributed by atoms with van der Waals surface area (Å²) < 4.78 is 7.16. The Morgan fingerprint density at radius 2 is 1.97 bits per heavy atom. The molecular weight excluding hydrogens is 456 g/mol. The molecular formula is C27H32N6O3. The quantitative estimate of drug-likeness (QED) is 0.385. The van der Waals surface area contributed by atoms with E-state index >= 15 is 0 Å². The van der Waals surface area contributed by atoms with Gasteiger partial charge in [0.2, 0.25) is 5.91 Å². The van der Waals surface area contributed by atoms with Gasteiger partial charge in [-0.3, -0.25) is 14.5 Å². The van der Waals surface area contributed by atoms with Crippen molar-refractivity contribution in [3.05, 3.63) is 71.7 Å². The fourth-order valence-electron chi connectivity index (χ4n) is 5.01. The van der Waals surface area contributed by atoms with Crippen LogP contribution in [0.3, 0.4) is 0 Å². The average molecular weight is 489 g/mol. The van der Waals surface area contributed by atoms with Crippen molar-refractivity contribution in [2.24, 2.45) is 0 Å². The topological polar surface area (TPSA) is 92.1 Å². The van der Waals surface area contributed by atoms with Crippen LogP contribution in [0, 0.1) is 0 Å². The third-order valence-electron chi connectivity index (χ3n) is 6.86. The van der Waals surface area contributed by atoms with Crippen molar-refractivity contribution in [1.29, 1.82) is 0 Å². The van der Waals surface area contributed by atoms with E-state index in [1.54, 1.807) is 6.08 Å². The minimum absolute atomic E-state index is 0.0464. The lowest BCUT2D eigenvalue weighted by atomic mass is 10.0. The Labute approximate surface area is 210 Å². The summed E-state index contributed by atoms with van der Waals surface area (Å²) in [4.78, 5) is 33.1. The highest BCUT2D eigenvalue weighted by molar-refractivity contribution is 5.88. The van der Waals surface area contributed by atoms with E-state index in [0.29, 0.717) is 18.9 Å². The summed E-state index contributed by atoms with van der Waals surface area (Å²) in [5.41, 5.74) is 4.10. The maximum absolute atomic E-state index is 12.8. The number of hydrogen-bond donors (Lipinski definition) is 1. The van der Waals surface area contributed by atoms with Gasteiger partial charge in [0.15, 0.2) is 5.82 Å². The number of hydrogen-bond acceptors (Lipinski definition) is 7. The van der Waals surface area contributed by atoms with Crippen LogP contribution in [-0.4, -0.2) is 69.1 Å². The molecule has 4 heterocycles. The molecule has 36 heavy (non-hydrogen) atoms. The van der Waals surface area contributed by atoms with Crippen LogP contribution in [0.5, 0.6) is 0 Å². The van der Waals surface area contributed by atoms with Gasteiger partial charge in [0.25, 0.3) is 0 Å². The van der Waals surface area contributed by atoms with Crippen LogP contribution in [0.4, 0.5) is 5.82 Å². The molecule has 5 rings (SSSR count). The van der Waals surface area contributed by atoms with Crippen molar-refractivity contribution >= 4 is 23.2 Å². The van der Waals surface area contributed by atoms with Gasteiger partial charge in [-0.25, -0.2) is 9.50 Å². The lowest BCUT2D eigenvalue weighted by molar-refractivity contribution is -0.141. The maximum Gasteiger partial charge on any atom is 0.302 e. The van der Waals surface area contributed by atoms with Gasteiger partial charge in [0, 0.05) is 38.8 Å². The molecule has 0 saturated carbocycles. The molecule has 0 spiro atoms. The summed E-state index contributed by atoms with van der Waals surface area (Å²) in [7, 11) is 0. The van der Waals surface area contributed by atoms with Gasteiger partial charge in [-0.05, 0) is 49.0 Å². The van der Waals surface area contributed by atoms with E-state index in [4.69, 9.17) is 4.74 Å². The summed E-state index contributed by atoms with van der Waals surface area (Å²) in [6.45, 7) is 5.84. The lowest BCUT2D eigenvalue weighted by Crippen LogP contribution is -2.34. The van der Waals surface area contributed by atoms with Gasteiger partial charge < -0.3 is 15.0 Å². The zero-order chi connectivity index (χ0) is 24.9. The molecule has 1 aromatic carbocycles. The zero-order valence-corrected chi connectivity index (χ0v) is 20.6. The van der Waals surface area contributed by atoms with E-state index in [-0.39, 0.29) is 24.5 Å². The van der Waals surface area contributed by atoms with Gasteiger partial charge in [0.05, 0.1) is 6.04 Å². The highest BCUT2D eigenvalue weighted by atomic mass is 16.5. The Kier molecular flexibility index (Phi) is 7.27. The first-order valence-corrected chi connectivity index (χ1v) is 12.5. The minimum atomic E-state index is -0.329. The molecule has 1 fully saturated rings. The molecule has 0 radical (unpaired) electrons. The summed E-state index contributed by atoms with van der Waals surface area (Å²) in [6, 6.07) is 9.59. The molecule has 1 amide bonds. The van der Waals surface area contributed by atoms with E-state index in [1.807, 2.05) is 52.0 Å². The number of rotatable bonds is 8. The monoisotopic (exact) mass is 488 g/mol. The Bertz CT molecular complexity index is 1250. The van der Waals surface area contributed by atoms with Gasteiger partial charge in [-0.2, -0.15) is 5.10 Å². The number of fused-ring (bicyclic) bond motifs is 3. The maximum atomic E-state index is 12.8. The van der Waals surface area contributed by atoms with E-state index in [0.717, 1.165) is 48.3 Å². The average Bonchev–Trinajstić information content (AvgIpc) is 3.54. The SMILES string of the molecule is CC(=O)OCC(Nc1ncnn2cc3c(c12)CCN(C(=O)C=CCN1CCCC1)C3)c1ccccc1. The van der Waals surface area contributed by atoms with Crippen LogP contribution in [0.2, 0.25) is 0 Å². The third-order valence-corrected chi connectivity index (χ3v) is 6.86. The molecule has 1 saturated heterocycles. The standard InChI is InChI=1S/C27H32N6O3/c1-20(34)36-18-24(21-8-3-2-4-9-21)30-27-26-23-11-15-32(16-22(23)17-33(26)29-19-28-27)25(35)10-7-14-31-12-5-6-13-31/h2-4,7-10,17,19,24H,5-6,11-16,18H2,1H3,(H,28,29,30). The van der Waals surface area contributed by atoms with Crippen molar-refractivity contribution in [2.75, 3.05) is 38.1 Å². The van der Waals surface area contributed by atoms with Crippen LogP contribution in [0.15, 0.2) is 55.0 Å². The number of esters is 1. The van der Waals surface area contributed by atoms with Crippen molar-refractivity contribution < 1.29 is 14.3 Å². The fraction of sp³-hybridized carbons (Fsp3) is 0.407. The van der Waals surface area contributed by atoms with E-state index in [9.17, 15) is 9.59 Å². The molecule has 1 unspecified atom stereocenters. The first-order valence-electron chi connectivity index (χ1n) is 12.5. The smallest absolute Gasteiger partial charge is 0.302 e. The number of carbonyl (C=O) groups is 2. The molecule has 3 aromatic rings. The molecule has 2 aliphatic heterocycles. The first kappa shape index (κ1) is 24.0. The summed E-state index contributed by atoms with van der Waals surface area (Å²) in [5.74, 6) is 0.396. The fourth-order valence-corrected chi connectivity index (χ4v) is 5.01. The number of nitrogens with one attached hydrogen (secondary N) is 1. The number of likely N-dealkylation sites (tertiary alicyclic amines) is 1. The number of anilines is 1. The number of benzene rings is 1. The third kappa shape index (κ3) is 5.41. The van der Waals surface area contributed by atoms with Gasteiger partial charge >= 0.3 is 5.97 Å². The van der Waals surface area contributed by atoms with Gasteiger partial charge in [-0.15, -0.1) is 0 Å². The Hall–Kier alpha value is -3.72. The Morgan fingerprint density at radius 3 is 2.75 bits per heavy atom. The van der Waals surface area contributed by atoms with Crippen LogP contribution in [-0.2, 0) is 27.3 Å².